The third-order valence-electron chi connectivity index (χ3n) is 3.64. The molecule has 3 rings (SSSR count). The second-order valence-corrected chi connectivity index (χ2v) is 6.02. The fourth-order valence-corrected chi connectivity index (χ4v) is 3.03. The van der Waals surface area contributed by atoms with Crippen molar-refractivity contribution < 1.29 is 9.53 Å². The fraction of sp³-hybridized carbons (Fsp3) is 0.375. The first-order valence-electron chi connectivity index (χ1n) is 7.41. The molecule has 1 aromatic carbocycles. The maximum Gasteiger partial charge on any atom is 0.251 e. The van der Waals surface area contributed by atoms with Gasteiger partial charge in [-0.3, -0.25) is 9.69 Å². The Morgan fingerprint density at radius 1 is 1.27 bits per heavy atom. The van der Waals surface area contributed by atoms with E-state index in [1.165, 1.54) is 0 Å². The van der Waals surface area contributed by atoms with Crippen molar-refractivity contribution in [2.24, 2.45) is 0 Å². The highest BCUT2D eigenvalue weighted by molar-refractivity contribution is 7.13. The average Bonchev–Trinajstić information content (AvgIpc) is 3.10. The van der Waals surface area contributed by atoms with Crippen LogP contribution in [0.15, 0.2) is 35.8 Å². The molecule has 22 heavy (non-hydrogen) atoms. The molecule has 0 spiro atoms. The Kier molecular flexibility index (Phi) is 5.15. The van der Waals surface area contributed by atoms with E-state index in [2.05, 4.69) is 15.2 Å². The molecule has 1 N–H and O–H groups in total. The molecule has 0 unspecified atom stereocenters. The second kappa shape index (κ2) is 7.49. The number of aromatic nitrogens is 1. The van der Waals surface area contributed by atoms with Crippen molar-refractivity contribution in [3.8, 4) is 10.6 Å². The largest absolute Gasteiger partial charge is 0.379 e. The molecule has 116 valence electrons. The van der Waals surface area contributed by atoms with E-state index >= 15 is 0 Å². The summed E-state index contributed by atoms with van der Waals surface area (Å²) in [5.74, 6) is -0.0288. The van der Waals surface area contributed by atoms with Crippen LogP contribution in [0.25, 0.3) is 10.6 Å². The van der Waals surface area contributed by atoms with E-state index in [1.54, 1.807) is 17.5 Å². The first-order chi connectivity index (χ1) is 10.8. The molecule has 1 aliphatic rings. The maximum absolute atomic E-state index is 12.1. The molecule has 0 atom stereocenters. The fourth-order valence-electron chi connectivity index (χ4n) is 2.38. The van der Waals surface area contributed by atoms with E-state index in [9.17, 15) is 4.79 Å². The lowest BCUT2D eigenvalue weighted by Gasteiger charge is -2.26. The number of hydrogen-bond acceptors (Lipinski definition) is 5. The van der Waals surface area contributed by atoms with Gasteiger partial charge in [0.1, 0.15) is 5.01 Å². The van der Waals surface area contributed by atoms with E-state index < -0.39 is 0 Å². The predicted octanol–water partition coefficient (Wildman–Crippen LogP) is 1.87. The molecule has 0 aliphatic carbocycles. The molecule has 2 aromatic rings. The smallest absolute Gasteiger partial charge is 0.251 e. The summed E-state index contributed by atoms with van der Waals surface area (Å²) in [5, 5.41) is 5.88. The minimum absolute atomic E-state index is 0.0288. The van der Waals surface area contributed by atoms with Crippen LogP contribution >= 0.6 is 11.3 Å². The Bertz CT molecular complexity index is 592. The Balaban J connectivity index is 1.49. The van der Waals surface area contributed by atoms with Gasteiger partial charge in [0.2, 0.25) is 0 Å². The topological polar surface area (TPSA) is 54.5 Å². The van der Waals surface area contributed by atoms with Crippen LogP contribution in [0.1, 0.15) is 10.4 Å². The number of carbonyl (C=O) groups is 1. The van der Waals surface area contributed by atoms with Gasteiger partial charge in [0, 0.05) is 48.9 Å². The number of hydrogen-bond donors (Lipinski definition) is 1. The van der Waals surface area contributed by atoms with Crippen LogP contribution in [0.2, 0.25) is 0 Å². The van der Waals surface area contributed by atoms with Crippen molar-refractivity contribution in [3.05, 3.63) is 41.4 Å². The zero-order valence-corrected chi connectivity index (χ0v) is 13.1. The van der Waals surface area contributed by atoms with Crippen molar-refractivity contribution in [1.29, 1.82) is 0 Å². The van der Waals surface area contributed by atoms with Gasteiger partial charge in [-0.2, -0.15) is 0 Å². The number of amides is 1. The number of nitrogens with zero attached hydrogens (tertiary/aromatic N) is 2. The molecule has 0 saturated carbocycles. The van der Waals surface area contributed by atoms with Gasteiger partial charge in [0.25, 0.3) is 5.91 Å². The molecule has 1 amide bonds. The summed E-state index contributed by atoms with van der Waals surface area (Å²) >= 11 is 1.59. The normalized spacial score (nSPS) is 15.6. The van der Waals surface area contributed by atoms with Gasteiger partial charge in [-0.1, -0.05) is 12.1 Å². The lowest BCUT2D eigenvalue weighted by molar-refractivity contribution is 0.0383. The van der Waals surface area contributed by atoms with Gasteiger partial charge in [0.15, 0.2) is 0 Å². The van der Waals surface area contributed by atoms with Crippen LogP contribution in [0.3, 0.4) is 0 Å². The SMILES string of the molecule is O=C(NCCN1CCOCC1)c1ccc(-c2nccs2)cc1. The molecular formula is C16H19N3O2S. The monoisotopic (exact) mass is 317 g/mol. The van der Waals surface area contributed by atoms with Crippen LogP contribution in [-0.4, -0.2) is 55.2 Å². The summed E-state index contributed by atoms with van der Waals surface area (Å²) in [6.45, 7) is 4.98. The van der Waals surface area contributed by atoms with Crippen molar-refractivity contribution in [2.45, 2.75) is 0 Å². The summed E-state index contributed by atoms with van der Waals surface area (Å²) in [5.41, 5.74) is 1.72. The first kappa shape index (κ1) is 15.1. The second-order valence-electron chi connectivity index (χ2n) is 5.12. The van der Waals surface area contributed by atoms with Crippen LogP contribution in [0.5, 0.6) is 0 Å². The molecule has 1 aliphatic heterocycles. The van der Waals surface area contributed by atoms with Gasteiger partial charge in [0.05, 0.1) is 13.2 Å². The first-order valence-corrected chi connectivity index (χ1v) is 8.29. The van der Waals surface area contributed by atoms with Gasteiger partial charge >= 0.3 is 0 Å². The van der Waals surface area contributed by atoms with Crippen molar-refractivity contribution in [2.75, 3.05) is 39.4 Å². The summed E-state index contributed by atoms with van der Waals surface area (Å²) in [7, 11) is 0. The van der Waals surface area contributed by atoms with Crippen LogP contribution in [-0.2, 0) is 4.74 Å². The third kappa shape index (κ3) is 3.91. The molecule has 0 bridgehead atoms. The highest BCUT2D eigenvalue weighted by atomic mass is 32.1. The lowest BCUT2D eigenvalue weighted by Crippen LogP contribution is -2.41. The Hall–Kier alpha value is -1.76. The van der Waals surface area contributed by atoms with Crippen LogP contribution < -0.4 is 5.32 Å². The van der Waals surface area contributed by atoms with Gasteiger partial charge < -0.3 is 10.1 Å². The summed E-state index contributed by atoms with van der Waals surface area (Å²) in [6, 6.07) is 7.58. The van der Waals surface area contributed by atoms with E-state index in [1.807, 2.05) is 29.6 Å². The van der Waals surface area contributed by atoms with E-state index in [0.717, 1.165) is 43.4 Å². The minimum atomic E-state index is -0.0288. The number of nitrogens with one attached hydrogen (secondary N) is 1. The van der Waals surface area contributed by atoms with Crippen molar-refractivity contribution >= 4 is 17.2 Å². The summed E-state index contributed by atoms with van der Waals surface area (Å²) < 4.78 is 5.30. The quantitative estimate of drug-likeness (QED) is 0.915. The molecule has 6 heteroatoms. The average molecular weight is 317 g/mol. The summed E-state index contributed by atoms with van der Waals surface area (Å²) in [4.78, 5) is 18.7. The standard InChI is InChI=1S/C16H19N3O2S/c20-15(17-5-7-19-8-10-21-11-9-19)13-1-3-14(4-2-13)16-18-6-12-22-16/h1-4,6,12H,5,7-11H2,(H,17,20). The third-order valence-corrected chi connectivity index (χ3v) is 4.47. The van der Waals surface area contributed by atoms with Crippen LogP contribution in [0, 0.1) is 0 Å². The van der Waals surface area contributed by atoms with Crippen LogP contribution in [0.4, 0.5) is 0 Å². The van der Waals surface area contributed by atoms with E-state index in [-0.39, 0.29) is 5.91 Å². The number of rotatable bonds is 5. The number of benzene rings is 1. The maximum atomic E-state index is 12.1. The molecule has 5 nitrogen and oxygen atoms in total. The number of thiazole rings is 1. The molecule has 1 saturated heterocycles. The molecule has 0 radical (unpaired) electrons. The molecule has 1 fully saturated rings. The zero-order chi connectivity index (χ0) is 15.2. The number of carbonyl (C=O) groups excluding carboxylic acids is 1. The lowest BCUT2D eigenvalue weighted by atomic mass is 10.1. The Morgan fingerprint density at radius 3 is 2.73 bits per heavy atom. The Morgan fingerprint density at radius 2 is 2.05 bits per heavy atom. The Labute approximate surface area is 133 Å². The zero-order valence-electron chi connectivity index (χ0n) is 12.3. The molecular weight excluding hydrogens is 298 g/mol. The van der Waals surface area contributed by atoms with Gasteiger partial charge in [-0.05, 0) is 12.1 Å². The summed E-state index contributed by atoms with van der Waals surface area (Å²) in [6.07, 6.45) is 1.78. The van der Waals surface area contributed by atoms with Gasteiger partial charge in [-0.25, -0.2) is 4.98 Å². The highest BCUT2D eigenvalue weighted by Gasteiger charge is 2.11. The number of morpholine rings is 1. The predicted molar refractivity (Wildman–Crippen MR) is 87.1 cm³/mol. The molecule has 2 heterocycles. The molecule has 1 aromatic heterocycles. The van der Waals surface area contributed by atoms with Crippen molar-refractivity contribution in [3.63, 3.8) is 0 Å². The highest BCUT2D eigenvalue weighted by Crippen LogP contribution is 2.21. The van der Waals surface area contributed by atoms with E-state index in [4.69, 9.17) is 4.74 Å². The van der Waals surface area contributed by atoms with Crippen molar-refractivity contribution in [1.82, 2.24) is 15.2 Å². The van der Waals surface area contributed by atoms with E-state index in [0.29, 0.717) is 12.1 Å². The van der Waals surface area contributed by atoms with Gasteiger partial charge in [-0.15, -0.1) is 11.3 Å². The minimum Gasteiger partial charge on any atom is -0.379 e. The number of ether oxygens (including phenoxy) is 1.